The molecule has 0 aliphatic heterocycles. The number of carbonyl (C=O) groups is 6. The van der Waals surface area contributed by atoms with E-state index in [4.69, 9.17) is 17.2 Å². The summed E-state index contributed by atoms with van der Waals surface area (Å²) in [7, 11) is 1.40. The third kappa shape index (κ3) is 13.0. The third-order valence-corrected chi connectivity index (χ3v) is 9.05. The predicted octanol–water partition coefficient (Wildman–Crippen LogP) is 0.985. The number of hydrogen-bond acceptors (Lipinski definition) is 9. The van der Waals surface area contributed by atoms with Crippen LogP contribution in [0.3, 0.4) is 0 Å². The molecule has 0 saturated carbocycles. The molecule has 5 atom stereocenters. The van der Waals surface area contributed by atoms with Gasteiger partial charge in [-0.1, -0.05) is 54.6 Å². The fourth-order valence-electron chi connectivity index (χ4n) is 6.03. The molecule has 0 fully saturated rings. The van der Waals surface area contributed by atoms with Crippen molar-refractivity contribution in [2.24, 2.45) is 17.2 Å². The Kier molecular flexibility index (Phi) is 17.0. The maximum atomic E-state index is 13.7. The maximum Gasteiger partial charge on any atom is 0.312 e. The lowest BCUT2D eigenvalue weighted by Crippen LogP contribution is -2.57. The van der Waals surface area contributed by atoms with Gasteiger partial charge in [0.15, 0.2) is 5.78 Å². The van der Waals surface area contributed by atoms with Crippen molar-refractivity contribution >= 4 is 46.6 Å². The molecule has 0 saturated heterocycles. The first-order valence-electron chi connectivity index (χ1n) is 17.6. The van der Waals surface area contributed by atoms with E-state index in [0.29, 0.717) is 37.7 Å². The zero-order valence-electron chi connectivity index (χ0n) is 29.8. The minimum Gasteiger partial charge on any atom is -0.394 e. The number of aliphatic hydroxyl groups is 1. The first-order chi connectivity index (χ1) is 25.4. The number of halogens is 1. The lowest BCUT2D eigenvalue weighted by Gasteiger charge is -2.30. The lowest BCUT2D eigenvalue weighted by molar-refractivity contribution is -0.140. The van der Waals surface area contributed by atoms with Crippen molar-refractivity contribution in [3.8, 4) is 0 Å². The summed E-state index contributed by atoms with van der Waals surface area (Å²) in [6, 6.07) is 11.7. The third-order valence-electron chi connectivity index (χ3n) is 9.05. The number of aryl methyl sites for hydroxylation is 1. The lowest BCUT2D eigenvalue weighted by atomic mass is 9.96. The van der Waals surface area contributed by atoms with E-state index < -0.39 is 72.2 Å². The molecule has 3 rings (SSSR count). The molecule has 0 heterocycles. The number of likely N-dealkylation sites (N-methyl/N-ethyl adjacent to an activating group) is 1. The number of unbranched alkanes of at least 4 members (excludes halogenated alkanes) is 1. The van der Waals surface area contributed by atoms with Crippen molar-refractivity contribution in [3.05, 3.63) is 83.7 Å². The number of nitrogens with one attached hydrogen (secondary N) is 3. The summed E-state index contributed by atoms with van der Waals surface area (Å²) < 4.78 is 13.4. The normalized spacial score (nSPS) is 13.9. The second kappa shape index (κ2) is 21.3. The number of rotatable bonds is 22. The van der Waals surface area contributed by atoms with Crippen molar-refractivity contribution in [1.82, 2.24) is 20.9 Å². The fraction of sp³-hybridized carbons (Fsp3) is 0.421. The van der Waals surface area contributed by atoms with Crippen LogP contribution in [0.1, 0.15) is 49.7 Å². The molecule has 15 heteroatoms. The van der Waals surface area contributed by atoms with Crippen LogP contribution in [0.2, 0.25) is 0 Å². The smallest absolute Gasteiger partial charge is 0.312 e. The molecule has 5 amide bonds. The van der Waals surface area contributed by atoms with Crippen molar-refractivity contribution in [2.45, 2.75) is 81.6 Å². The number of urea groups is 1. The van der Waals surface area contributed by atoms with Crippen LogP contribution in [0.5, 0.6) is 0 Å². The van der Waals surface area contributed by atoms with Gasteiger partial charge >= 0.3 is 6.03 Å². The molecule has 0 radical (unpaired) electrons. The van der Waals surface area contributed by atoms with Gasteiger partial charge in [0.2, 0.25) is 17.7 Å². The second-order valence-corrected chi connectivity index (χ2v) is 12.9. The van der Waals surface area contributed by atoms with Crippen LogP contribution in [-0.2, 0) is 36.8 Å². The summed E-state index contributed by atoms with van der Waals surface area (Å²) in [6.45, 7) is -0.431. The first-order valence-corrected chi connectivity index (χ1v) is 17.6. The van der Waals surface area contributed by atoms with Crippen LogP contribution in [0.4, 0.5) is 9.18 Å². The number of nitrogens with zero attached hydrogens (tertiary/aromatic N) is 1. The first kappa shape index (κ1) is 42.2. The Labute approximate surface area is 308 Å². The Morgan fingerprint density at radius 2 is 1.57 bits per heavy atom. The summed E-state index contributed by atoms with van der Waals surface area (Å²) in [5.74, 6) is -3.09. The van der Waals surface area contributed by atoms with Gasteiger partial charge in [-0.3, -0.25) is 19.2 Å². The quantitative estimate of drug-likeness (QED) is 0.0574. The molecule has 14 nitrogen and oxygen atoms in total. The van der Waals surface area contributed by atoms with Crippen molar-refractivity contribution in [3.63, 3.8) is 0 Å². The number of amides is 5. The molecule has 53 heavy (non-hydrogen) atoms. The van der Waals surface area contributed by atoms with E-state index in [-0.39, 0.29) is 32.1 Å². The number of fused-ring (bicyclic) bond motifs is 1. The predicted molar refractivity (Wildman–Crippen MR) is 198 cm³/mol. The summed E-state index contributed by atoms with van der Waals surface area (Å²) in [6.07, 6.45) is 1.99. The molecule has 0 aromatic heterocycles. The van der Waals surface area contributed by atoms with E-state index in [2.05, 4.69) is 16.0 Å². The molecular formula is C38H50FN7O7. The van der Waals surface area contributed by atoms with Gasteiger partial charge in [0, 0.05) is 13.5 Å². The number of primary amides is 1. The Hall–Kier alpha value is -5.25. The number of aldehydes is 1. The summed E-state index contributed by atoms with van der Waals surface area (Å²) >= 11 is 0. The second-order valence-electron chi connectivity index (χ2n) is 12.9. The number of ketones is 1. The zero-order valence-corrected chi connectivity index (χ0v) is 29.8. The monoisotopic (exact) mass is 735 g/mol. The molecular weight excluding hydrogens is 685 g/mol. The van der Waals surface area contributed by atoms with Crippen LogP contribution >= 0.6 is 0 Å². The summed E-state index contributed by atoms with van der Waals surface area (Å²) in [5.41, 5.74) is 18.7. The van der Waals surface area contributed by atoms with Crippen LogP contribution in [0, 0.1) is 5.82 Å². The minimum absolute atomic E-state index is 0.0426. The average Bonchev–Trinajstić information content (AvgIpc) is 3.15. The Balaban J connectivity index is 1.76. The number of benzene rings is 3. The van der Waals surface area contributed by atoms with Crippen LogP contribution < -0.4 is 33.2 Å². The maximum absolute atomic E-state index is 13.7. The van der Waals surface area contributed by atoms with Gasteiger partial charge in [-0.05, 0) is 85.5 Å². The average molecular weight is 736 g/mol. The molecule has 1 unspecified atom stereocenters. The van der Waals surface area contributed by atoms with E-state index in [1.54, 1.807) is 12.1 Å². The van der Waals surface area contributed by atoms with E-state index in [1.165, 1.54) is 24.1 Å². The van der Waals surface area contributed by atoms with E-state index in [1.807, 2.05) is 42.5 Å². The van der Waals surface area contributed by atoms with Gasteiger partial charge in [0.05, 0.1) is 24.7 Å². The minimum atomic E-state index is -1.50. The Bertz CT molecular complexity index is 1700. The molecule has 0 bridgehead atoms. The highest BCUT2D eigenvalue weighted by Crippen LogP contribution is 2.20. The number of carbonyl (C=O) groups excluding carboxylic acids is 6. The molecule has 0 spiro atoms. The SMILES string of the molecule is CN(C(=O)CCc1ccc(F)cc1)[C@@H](CCC(NC(N)=O)C(=O)[C@H](CO)NC(=O)[C@@H](N)Cc1cccc2ccccc12)C(=O)N[C@@H](C=O)CCCCN. The zero-order chi connectivity index (χ0) is 38.9. The number of Topliss-reactive ketones (excluding diaryl/α,β-unsaturated/α-hetero) is 1. The summed E-state index contributed by atoms with van der Waals surface area (Å²) in [4.78, 5) is 78.8. The van der Waals surface area contributed by atoms with Gasteiger partial charge in [-0.2, -0.15) is 0 Å². The molecule has 0 aliphatic carbocycles. The fourth-order valence-corrected chi connectivity index (χ4v) is 6.03. The highest BCUT2D eigenvalue weighted by Gasteiger charge is 2.34. The van der Waals surface area contributed by atoms with Gasteiger partial charge in [-0.15, -0.1) is 0 Å². The van der Waals surface area contributed by atoms with Gasteiger partial charge in [-0.25, -0.2) is 9.18 Å². The Morgan fingerprint density at radius 3 is 2.23 bits per heavy atom. The molecule has 3 aromatic carbocycles. The number of aliphatic hydroxyl groups excluding tert-OH is 1. The number of hydrogen-bond donors (Lipinski definition) is 7. The van der Waals surface area contributed by atoms with E-state index in [9.17, 15) is 38.3 Å². The highest BCUT2D eigenvalue weighted by molar-refractivity contribution is 5.96. The van der Waals surface area contributed by atoms with Crippen molar-refractivity contribution < 1.29 is 38.3 Å². The topological polar surface area (TPSA) is 240 Å². The standard InChI is InChI=1S/C38H50FN7O7/c1-46(34(49)19-14-24-12-15-27(39)16-13-24)33(37(52)43-28(22-47)10-4-5-20-40)18-17-31(45-38(42)53)35(50)32(23-48)44-36(51)30(41)21-26-9-6-8-25-7-2-3-11-29(25)26/h2-3,6-9,11-13,15-16,22,28,30-33,48H,4-5,10,14,17-21,23,40-41H2,1H3,(H,43,52)(H,44,51)(H3,42,45,53)/t28-,30+,31?,32+,33+/m1/s1. The van der Waals surface area contributed by atoms with E-state index in [0.717, 1.165) is 16.3 Å². The van der Waals surface area contributed by atoms with Gasteiger partial charge in [0.1, 0.15) is 24.2 Å². The molecule has 286 valence electrons. The molecule has 3 aromatic rings. The molecule has 10 N–H and O–H groups in total. The van der Waals surface area contributed by atoms with Crippen LogP contribution in [-0.4, -0.2) is 96.2 Å². The Morgan fingerprint density at radius 1 is 0.868 bits per heavy atom. The molecule has 0 aliphatic rings. The van der Waals surface area contributed by atoms with Gasteiger partial charge in [0.25, 0.3) is 0 Å². The number of nitrogens with two attached hydrogens (primary N) is 3. The summed E-state index contributed by atoms with van der Waals surface area (Å²) in [5, 5.41) is 19.4. The largest absolute Gasteiger partial charge is 0.394 e. The van der Waals surface area contributed by atoms with Crippen molar-refractivity contribution in [1.29, 1.82) is 0 Å². The van der Waals surface area contributed by atoms with Crippen LogP contribution in [0.15, 0.2) is 66.7 Å². The van der Waals surface area contributed by atoms with Crippen molar-refractivity contribution in [2.75, 3.05) is 20.2 Å². The van der Waals surface area contributed by atoms with E-state index >= 15 is 0 Å². The van der Waals surface area contributed by atoms with Gasteiger partial charge < -0.3 is 48.0 Å². The van der Waals surface area contributed by atoms with Crippen LogP contribution in [0.25, 0.3) is 10.8 Å². The highest BCUT2D eigenvalue weighted by atomic mass is 19.1.